The molecule has 1 fully saturated rings. The molecule has 1 amide bonds. The molecule has 1 heterocycles. The summed E-state index contributed by atoms with van der Waals surface area (Å²) in [6.45, 7) is 2.68. The first-order valence-corrected chi connectivity index (χ1v) is 6.92. The molecule has 0 atom stereocenters. The fraction of sp³-hybridized carbons (Fsp3) is 0.400. The molecule has 1 aromatic rings. The van der Waals surface area contributed by atoms with Gasteiger partial charge in [0.25, 0.3) is 5.91 Å². The quantitative estimate of drug-likeness (QED) is 0.500. The van der Waals surface area contributed by atoms with Gasteiger partial charge in [-0.1, -0.05) is 35.5 Å². The molecular formula is C15H19ClN4O2. The van der Waals surface area contributed by atoms with Crippen molar-refractivity contribution < 1.29 is 10.0 Å². The summed E-state index contributed by atoms with van der Waals surface area (Å²) in [6.07, 6.45) is 1.64. The number of likely N-dealkylation sites (tertiary alicyclic amines) is 1. The van der Waals surface area contributed by atoms with E-state index >= 15 is 0 Å². The highest BCUT2D eigenvalue weighted by Gasteiger charge is 2.22. The molecule has 1 aliphatic rings. The fourth-order valence-corrected chi connectivity index (χ4v) is 2.45. The molecule has 1 saturated heterocycles. The Balaban J connectivity index is 0.00000242. The second-order valence-corrected chi connectivity index (χ2v) is 5.07. The molecule has 0 saturated carbocycles. The van der Waals surface area contributed by atoms with Gasteiger partial charge in [0, 0.05) is 25.7 Å². The van der Waals surface area contributed by atoms with Crippen LogP contribution in [0.1, 0.15) is 18.4 Å². The fourth-order valence-electron chi connectivity index (χ4n) is 2.45. The molecule has 2 N–H and O–H groups in total. The first-order valence-electron chi connectivity index (χ1n) is 6.92. The molecule has 0 unspecified atom stereocenters. The summed E-state index contributed by atoms with van der Waals surface area (Å²) in [5, 5.41) is 22.6. The number of rotatable bonds is 4. The minimum atomic E-state index is -0.610. The Morgan fingerprint density at radius 2 is 2.00 bits per heavy atom. The largest absolute Gasteiger partial charge is 0.410 e. The van der Waals surface area contributed by atoms with Crippen LogP contribution in [0.5, 0.6) is 0 Å². The lowest BCUT2D eigenvalue weighted by atomic mass is 10.0. The van der Waals surface area contributed by atoms with Crippen LogP contribution < -0.4 is 5.32 Å². The van der Waals surface area contributed by atoms with Crippen molar-refractivity contribution in [3.8, 4) is 6.07 Å². The van der Waals surface area contributed by atoms with Crippen LogP contribution in [0.25, 0.3) is 0 Å². The number of benzene rings is 1. The first kappa shape index (κ1) is 18.0. The number of oxime groups is 1. The van der Waals surface area contributed by atoms with Gasteiger partial charge in [-0.05, 0) is 18.4 Å². The molecule has 0 bridgehead atoms. The predicted molar refractivity (Wildman–Crippen MR) is 85.0 cm³/mol. The lowest BCUT2D eigenvalue weighted by Crippen LogP contribution is -2.46. The van der Waals surface area contributed by atoms with Crippen molar-refractivity contribution in [2.45, 2.75) is 25.4 Å². The third-order valence-electron chi connectivity index (χ3n) is 3.59. The molecule has 0 spiro atoms. The van der Waals surface area contributed by atoms with E-state index in [0.717, 1.165) is 32.5 Å². The van der Waals surface area contributed by atoms with E-state index in [1.54, 1.807) is 6.07 Å². The van der Waals surface area contributed by atoms with Crippen molar-refractivity contribution in [3.63, 3.8) is 0 Å². The molecule has 1 aromatic carbocycles. The Bertz CT molecular complexity index is 548. The van der Waals surface area contributed by atoms with Gasteiger partial charge in [0.05, 0.1) is 0 Å². The Morgan fingerprint density at radius 3 is 2.55 bits per heavy atom. The van der Waals surface area contributed by atoms with E-state index in [9.17, 15) is 4.79 Å². The summed E-state index contributed by atoms with van der Waals surface area (Å²) in [4.78, 5) is 13.9. The minimum absolute atomic E-state index is 0. The van der Waals surface area contributed by atoms with E-state index in [1.165, 1.54) is 5.56 Å². The number of halogens is 1. The average Bonchev–Trinajstić information content (AvgIpc) is 2.51. The number of nitrogens with zero attached hydrogens (tertiary/aromatic N) is 3. The molecule has 6 nitrogen and oxygen atoms in total. The van der Waals surface area contributed by atoms with Crippen molar-refractivity contribution in [2.24, 2.45) is 5.16 Å². The minimum Gasteiger partial charge on any atom is -0.410 e. The predicted octanol–water partition coefficient (Wildman–Crippen LogP) is 1.54. The van der Waals surface area contributed by atoms with Gasteiger partial charge in [0.15, 0.2) is 0 Å². The van der Waals surface area contributed by atoms with E-state index in [1.807, 2.05) is 18.2 Å². The number of piperidine rings is 1. The first-order chi connectivity index (χ1) is 10.2. The van der Waals surface area contributed by atoms with Crippen LogP contribution in [0, 0.1) is 11.3 Å². The second kappa shape index (κ2) is 9.03. The zero-order chi connectivity index (χ0) is 15.1. The molecule has 7 heteroatoms. The molecule has 118 valence electrons. The summed E-state index contributed by atoms with van der Waals surface area (Å²) < 4.78 is 0. The number of nitrogens with one attached hydrogen (secondary N) is 1. The van der Waals surface area contributed by atoms with E-state index < -0.39 is 11.6 Å². The average molecular weight is 323 g/mol. The van der Waals surface area contributed by atoms with E-state index in [0.29, 0.717) is 0 Å². The molecule has 22 heavy (non-hydrogen) atoms. The Hall–Kier alpha value is -2.10. The maximum Gasteiger partial charge on any atom is 0.284 e. The maximum absolute atomic E-state index is 11.6. The van der Waals surface area contributed by atoms with Gasteiger partial charge in [-0.3, -0.25) is 9.69 Å². The van der Waals surface area contributed by atoms with Gasteiger partial charge < -0.3 is 10.5 Å². The summed E-state index contributed by atoms with van der Waals surface area (Å²) in [6, 6.07) is 11.8. The van der Waals surface area contributed by atoms with Gasteiger partial charge in [-0.25, -0.2) is 0 Å². The summed E-state index contributed by atoms with van der Waals surface area (Å²) in [5.41, 5.74) is 0.779. The SMILES string of the molecule is Cl.N#C/C(=N/O)C(=O)NC1CCN(Cc2ccccc2)CC1. The Morgan fingerprint density at radius 1 is 1.36 bits per heavy atom. The lowest BCUT2D eigenvalue weighted by molar-refractivity contribution is -0.115. The molecule has 0 radical (unpaired) electrons. The van der Waals surface area contributed by atoms with Crippen LogP contribution >= 0.6 is 12.4 Å². The van der Waals surface area contributed by atoms with E-state index in [4.69, 9.17) is 10.5 Å². The van der Waals surface area contributed by atoms with E-state index in [-0.39, 0.29) is 18.4 Å². The van der Waals surface area contributed by atoms with Crippen LogP contribution in [0.2, 0.25) is 0 Å². The third kappa shape index (κ3) is 5.02. The van der Waals surface area contributed by atoms with Crippen LogP contribution in [0.4, 0.5) is 0 Å². The standard InChI is InChI=1S/C15H18N4O2.ClH/c16-10-14(18-21)15(20)17-13-6-8-19(9-7-13)11-12-4-2-1-3-5-12;/h1-5,13,21H,6-9,11H2,(H,17,20);1H/b18-14-;. The van der Waals surface area contributed by atoms with E-state index in [2.05, 4.69) is 27.5 Å². The molecule has 1 aliphatic heterocycles. The Kier molecular flexibility index (Phi) is 7.37. The van der Waals surface area contributed by atoms with Gasteiger partial charge in [-0.15, -0.1) is 12.4 Å². The van der Waals surface area contributed by atoms with Crippen molar-refractivity contribution >= 4 is 24.0 Å². The zero-order valence-corrected chi connectivity index (χ0v) is 12.9. The number of nitriles is 1. The topological polar surface area (TPSA) is 88.7 Å². The highest BCUT2D eigenvalue weighted by atomic mass is 35.5. The van der Waals surface area contributed by atoms with Gasteiger partial charge >= 0.3 is 0 Å². The highest BCUT2D eigenvalue weighted by Crippen LogP contribution is 2.13. The third-order valence-corrected chi connectivity index (χ3v) is 3.59. The molecule has 0 aromatic heterocycles. The number of carbonyl (C=O) groups is 1. The van der Waals surface area contributed by atoms with Crippen molar-refractivity contribution in [1.29, 1.82) is 5.26 Å². The lowest BCUT2D eigenvalue weighted by Gasteiger charge is -2.32. The van der Waals surface area contributed by atoms with Gasteiger partial charge in [0.1, 0.15) is 6.07 Å². The molecule has 2 rings (SSSR count). The van der Waals surface area contributed by atoms with Crippen molar-refractivity contribution in [1.82, 2.24) is 10.2 Å². The van der Waals surface area contributed by atoms with Crippen LogP contribution in [-0.4, -0.2) is 40.9 Å². The maximum atomic E-state index is 11.6. The van der Waals surface area contributed by atoms with Crippen LogP contribution in [0.15, 0.2) is 35.5 Å². The Labute approximate surface area is 135 Å². The molecular weight excluding hydrogens is 304 g/mol. The number of hydrogen-bond acceptors (Lipinski definition) is 5. The summed E-state index contributed by atoms with van der Waals surface area (Å²) >= 11 is 0. The summed E-state index contributed by atoms with van der Waals surface area (Å²) in [5.74, 6) is -0.610. The van der Waals surface area contributed by atoms with Crippen molar-refractivity contribution in [3.05, 3.63) is 35.9 Å². The van der Waals surface area contributed by atoms with Gasteiger partial charge in [0.2, 0.25) is 5.71 Å². The number of amides is 1. The highest BCUT2D eigenvalue weighted by molar-refractivity contribution is 6.45. The monoisotopic (exact) mass is 322 g/mol. The van der Waals surface area contributed by atoms with Crippen LogP contribution in [-0.2, 0) is 11.3 Å². The summed E-state index contributed by atoms with van der Waals surface area (Å²) in [7, 11) is 0. The van der Waals surface area contributed by atoms with Crippen molar-refractivity contribution in [2.75, 3.05) is 13.1 Å². The zero-order valence-electron chi connectivity index (χ0n) is 12.1. The normalized spacial score (nSPS) is 16.4. The van der Waals surface area contributed by atoms with Gasteiger partial charge in [-0.2, -0.15) is 5.26 Å². The number of hydrogen-bond donors (Lipinski definition) is 2. The second-order valence-electron chi connectivity index (χ2n) is 5.07. The number of carbonyl (C=O) groups excluding carboxylic acids is 1. The van der Waals surface area contributed by atoms with Crippen LogP contribution in [0.3, 0.4) is 0 Å². The molecule has 0 aliphatic carbocycles. The smallest absolute Gasteiger partial charge is 0.284 e.